The van der Waals surface area contributed by atoms with Crippen LogP contribution in [0.1, 0.15) is 20.7 Å². The molecule has 0 aliphatic carbocycles. The molecule has 4 rings (SSSR count). The highest BCUT2D eigenvalue weighted by atomic mass is 16.7. The summed E-state index contributed by atoms with van der Waals surface area (Å²) in [7, 11) is 1.58. The van der Waals surface area contributed by atoms with E-state index in [1.807, 2.05) is 17.0 Å². The molecule has 2 aromatic carbocycles. The van der Waals surface area contributed by atoms with Gasteiger partial charge in [0, 0.05) is 37.3 Å². The topological polar surface area (TPSA) is 68.3 Å². The molecule has 1 amide bonds. The Kier molecular flexibility index (Phi) is 5.16. The average molecular weight is 382 g/mol. The number of hydrogen-bond acceptors (Lipinski definition) is 6. The minimum Gasteiger partial charge on any atom is -0.497 e. The number of hydrogen-bond donors (Lipinski definition) is 0. The van der Waals surface area contributed by atoms with Crippen molar-refractivity contribution in [3.05, 3.63) is 53.6 Å². The number of rotatable bonds is 5. The first-order valence-corrected chi connectivity index (χ1v) is 9.22. The molecule has 2 aliphatic rings. The number of piperazine rings is 1. The Hall–Kier alpha value is -3.06. The molecule has 2 aromatic rings. The normalized spacial score (nSPS) is 16.1. The molecule has 2 heterocycles. The molecular formula is C21H22N2O5. The van der Waals surface area contributed by atoms with Gasteiger partial charge in [-0.2, -0.15) is 0 Å². The van der Waals surface area contributed by atoms with E-state index in [2.05, 4.69) is 4.90 Å². The van der Waals surface area contributed by atoms with E-state index >= 15 is 0 Å². The first-order valence-electron chi connectivity index (χ1n) is 9.22. The second-order valence-corrected chi connectivity index (χ2v) is 6.79. The number of Topliss-reactive ketones (excluding diaryl/α,β-unsaturated/α-hetero) is 1. The maximum atomic E-state index is 12.7. The summed E-state index contributed by atoms with van der Waals surface area (Å²) in [5.74, 6) is 1.96. The molecular weight excluding hydrogens is 360 g/mol. The summed E-state index contributed by atoms with van der Waals surface area (Å²) in [6, 6.07) is 12.4. The zero-order valence-electron chi connectivity index (χ0n) is 15.7. The number of carbonyl (C=O) groups excluding carboxylic acids is 2. The summed E-state index contributed by atoms with van der Waals surface area (Å²) in [6.45, 7) is 3.00. The van der Waals surface area contributed by atoms with Crippen LogP contribution in [-0.2, 0) is 0 Å². The van der Waals surface area contributed by atoms with Gasteiger partial charge < -0.3 is 19.1 Å². The first kappa shape index (κ1) is 18.3. The summed E-state index contributed by atoms with van der Waals surface area (Å²) in [6.07, 6.45) is 0. The second-order valence-electron chi connectivity index (χ2n) is 6.79. The number of methoxy groups -OCH3 is 1. The van der Waals surface area contributed by atoms with Crippen molar-refractivity contribution in [2.24, 2.45) is 0 Å². The van der Waals surface area contributed by atoms with Gasteiger partial charge in [-0.3, -0.25) is 14.5 Å². The van der Waals surface area contributed by atoms with Crippen LogP contribution in [0.4, 0.5) is 0 Å². The molecule has 0 saturated carbocycles. The quantitative estimate of drug-likeness (QED) is 0.738. The lowest BCUT2D eigenvalue weighted by atomic mass is 10.1. The molecule has 0 radical (unpaired) electrons. The summed E-state index contributed by atoms with van der Waals surface area (Å²) < 4.78 is 15.8. The van der Waals surface area contributed by atoms with Crippen LogP contribution in [0.15, 0.2) is 42.5 Å². The molecule has 0 aromatic heterocycles. The van der Waals surface area contributed by atoms with Crippen LogP contribution >= 0.6 is 0 Å². The molecule has 146 valence electrons. The van der Waals surface area contributed by atoms with Crippen molar-refractivity contribution in [2.45, 2.75) is 0 Å². The molecule has 0 atom stereocenters. The summed E-state index contributed by atoms with van der Waals surface area (Å²) in [5.41, 5.74) is 1.23. The highest BCUT2D eigenvalue weighted by Gasteiger charge is 2.24. The van der Waals surface area contributed by atoms with Crippen molar-refractivity contribution in [1.29, 1.82) is 0 Å². The zero-order chi connectivity index (χ0) is 19.5. The van der Waals surface area contributed by atoms with Crippen LogP contribution in [0, 0.1) is 0 Å². The Morgan fingerprint density at radius 1 is 0.964 bits per heavy atom. The van der Waals surface area contributed by atoms with Crippen molar-refractivity contribution < 1.29 is 23.8 Å². The minimum absolute atomic E-state index is 0.0133. The number of benzene rings is 2. The van der Waals surface area contributed by atoms with Crippen LogP contribution in [-0.4, -0.2) is 68.1 Å². The summed E-state index contributed by atoms with van der Waals surface area (Å²) in [4.78, 5) is 29.2. The van der Waals surface area contributed by atoms with Crippen molar-refractivity contribution in [3.63, 3.8) is 0 Å². The van der Waals surface area contributed by atoms with Crippen LogP contribution in [0.2, 0.25) is 0 Å². The van der Waals surface area contributed by atoms with Gasteiger partial charge in [0.1, 0.15) is 5.75 Å². The number of ketones is 1. The third kappa shape index (κ3) is 3.80. The van der Waals surface area contributed by atoms with E-state index in [0.29, 0.717) is 61.1 Å². The van der Waals surface area contributed by atoms with E-state index in [4.69, 9.17) is 14.2 Å². The number of amides is 1. The van der Waals surface area contributed by atoms with Crippen molar-refractivity contribution in [3.8, 4) is 17.2 Å². The van der Waals surface area contributed by atoms with Gasteiger partial charge in [0.05, 0.1) is 13.7 Å². The van der Waals surface area contributed by atoms with Gasteiger partial charge >= 0.3 is 0 Å². The number of fused-ring (bicyclic) bond motifs is 1. The van der Waals surface area contributed by atoms with E-state index in [9.17, 15) is 9.59 Å². The van der Waals surface area contributed by atoms with Crippen molar-refractivity contribution in [2.75, 3.05) is 46.6 Å². The van der Waals surface area contributed by atoms with Gasteiger partial charge in [-0.25, -0.2) is 0 Å². The molecule has 7 heteroatoms. The standard InChI is InChI=1S/C21H22N2O5/c1-26-17-4-2-3-16(11-17)21(25)23-9-7-22(8-10-23)13-18(24)15-5-6-19-20(12-15)28-14-27-19/h2-6,11-12H,7-10,13-14H2,1H3. The van der Waals surface area contributed by atoms with Gasteiger partial charge in [0.2, 0.25) is 6.79 Å². The monoisotopic (exact) mass is 382 g/mol. The largest absolute Gasteiger partial charge is 0.497 e. The van der Waals surface area contributed by atoms with E-state index in [1.165, 1.54) is 0 Å². The molecule has 0 unspecified atom stereocenters. The lowest BCUT2D eigenvalue weighted by Gasteiger charge is -2.34. The Morgan fingerprint density at radius 2 is 1.75 bits per heavy atom. The third-order valence-electron chi connectivity index (χ3n) is 5.04. The Labute approximate surface area is 163 Å². The van der Waals surface area contributed by atoms with Gasteiger partial charge in [0.15, 0.2) is 17.3 Å². The predicted molar refractivity (Wildman–Crippen MR) is 102 cm³/mol. The van der Waals surface area contributed by atoms with E-state index in [1.54, 1.807) is 37.4 Å². The predicted octanol–water partition coefficient (Wildman–Crippen LogP) is 2.06. The fraction of sp³-hybridized carbons (Fsp3) is 0.333. The fourth-order valence-corrected chi connectivity index (χ4v) is 3.41. The summed E-state index contributed by atoms with van der Waals surface area (Å²) >= 11 is 0. The van der Waals surface area contributed by atoms with Crippen LogP contribution in [0.3, 0.4) is 0 Å². The maximum absolute atomic E-state index is 12.7. The Balaban J connectivity index is 1.32. The van der Waals surface area contributed by atoms with E-state index < -0.39 is 0 Å². The van der Waals surface area contributed by atoms with Crippen molar-refractivity contribution in [1.82, 2.24) is 9.80 Å². The van der Waals surface area contributed by atoms with Crippen LogP contribution in [0.25, 0.3) is 0 Å². The highest BCUT2D eigenvalue weighted by Crippen LogP contribution is 2.32. The SMILES string of the molecule is COc1cccc(C(=O)N2CCN(CC(=O)c3ccc4c(c3)OCO4)CC2)c1. The molecule has 0 N–H and O–H groups in total. The zero-order valence-corrected chi connectivity index (χ0v) is 15.7. The maximum Gasteiger partial charge on any atom is 0.254 e. The molecule has 0 spiro atoms. The summed E-state index contributed by atoms with van der Waals surface area (Å²) in [5, 5.41) is 0. The number of carbonyl (C=O) groups is 2. The van der Waals surface area contributed by atoms with Gasteiger partial charge in [-0.05, 0) is 36.4 Å². The first-order chi connectivity index (χ1) is 13.6. The molecule has 7 nitrogen and oxygen atoms in total. The fourth-order valence-electron chi connectivity index (χ4n) is 3.41. The van der Waals surface area contributed by atoms with Crippen LogP contribution in [0.5, 0.6) is 17.2 Å². The lowest BCUT2D eigenvalue weighted by Crippen LogP contribution is -2.49. The van der Waals surface area contributed by atoms with Gasteiger partial charge in [-0.15, -0.1) is 0 Å². The molecule has 2 aliphatic heterocycles. The van der Waals surface area contributed by atoms with Crippen LogP contribution < -0.4 is 14.2 Å². The van der Waals surface area contributed by atoms with E-state index in [-0.39, 0.29) is 18.5 Å². The number of ether oxygens (including phenoxy) is 3. The van der Waals surface area contributed by atoms with E-state index in [0.717, 1.165) is 0 Å². The van der Waals surface area contributed by atoms with Gasteiger partial charge in [0.25, 0.3) is 5.91 Å². The Morgan fingerprint density at radius 3 is 2.54 bits per heavy atom. The molecule has 0 bridgehead atoms. The minimum atomic E-state index is -0.0133. The molecule has 28 heavy (non-hydrogen) atoms. The number of nitrogens with zero attached hydrogens (tertiary/aromatic N) is 2. The van der Waals surface area contributed by atoms with Gasteiger partial charge in [-0.1, -0.05) is 6.07 Å². The highest BCUT2D eigenvalue weighted by molar-refractivity contribution is 5.98. The second kappa shape index (κ2) is 7.90. The smallest absolute Gasteiger partial charge is 0.254 e. The molecule has 1 fully saturated rings. The molecule has 1 saturated heterocycles. The van der Waals surface area contributed by atoms with Crippen molar-refractivity contribution >= 4 is 11.7 Å². The third-order valence-corrected chi connectivity index (χ3v) is 5.04. The average Bonchev–Trinajstić information content (AvgIpc) is 3.21. The lowest BCUT2D eigenvalue weighted by molar-refractivity contribution is 0.0624. The Bertz CT molecular complexity index is 890.